The highest BCUT2D eigenvalue weighted by atomic mass is 32.2. The van der Waals surface area contributed by atoms with Crippen LogP contribution in [0.15, 0.2) is 47.4 Å². The minimum Gasteiger partial charge on any atom is -0.486 e. The Bertz CT molecular complexity index is 1190. The Morgan fingerprint density at radius 1 is 0.941 bits per heavy atom. The molecule has 3 aliphatic heterocycles. The second-order valence-electron chi connectivity index (χ2n) is 8.70. The van der Waals surface area contributed by atoms with E-state index < -0.39 is 10.0 Å². The van der Waals surface area contributed by atoms with E-state index in [1.807, 2.05) is 0 Å². The maximum Gasteiger partial charge on any atom is 0.251 e. The Kier molecular flexibility index (Phi) is 6.18. The second-order valence-corrected chi connectivity index (χ2v) is 10.6. The monoisotopic (exact) mass is 485 g/mol. The van der Waals surface area contributed by atoms with Crippen LogP contribution in [0.1, 0.15) is 36.0 Å². The Hall–Kier alpha value is -3.11. The Morgan fingerprint density at radius 3 is 2.38 bits per heavy atom. The zero-order valence-corrected chi connectivity index (χ0v) is 19.6. The summed E-state index contributed by atoms with van der Waals surface area (Å²) in [5.41, 5.74) is 1.04. The first kappa shape index (κ1) is 22.7. The molecule has 3 aliphatic rings. The first-order chi connectivity index (χ1) is 16.4. The van der Waals surface area contributed by atoms with Gasteiger partial charge in [-0.1, -0.05) is 6.42 Å². The number of piperidine rings is 1. The van der Waals surface area contributed by atoms with Crippen LogP contribution in [-0.4, -0.2) is 63.4 Å². The highest BCUT2D eigenvalue weighted by Crippen LogP contribution is 2.35. The molecule has 9 nitrogen and oxygen atoms in total. The fourth-order valence-corrected chi connectivity index (χ4v) is 6.07. The van der Waals surface area contributed by atoms with E-state index in [1.54, 1.807) is 23.1 Å². The molecule has 0 radical (unpaired) electrons. The minimum absolute atomic E-state index is 0.0926. The van der Waals surface area contributed by atoms with Gasteiger partial charge in [0.15, 0.2) is 11.5 Å². The standard InChI is InChI=1S/C24H27N3O6S/c28-23-14-18(16-27(23)19-6-9-21-22(15-19)33-13-12-32-21)25-24(29)17-4-7-20(8-5-17)34(30,31)26-10-2-1-3-11-26/h4-9,15,18H,1-3,10-14,16H2,(H,25,29)/t18-/m1/s1. The van der Waals surface area contributed by atoms with E-state index in [9.17, 15) is 18.0 Å². The molecule has 2 amide bonds. The predicted molar refractivity (Wildman–Crippen MR) is 125 cm³/mol. The number of rotatable bonds is 5. The molecule has 0 aromatic heterocycles. The third kappa shape index (κ3) is 4.47. The van der Waals surface area contributed by atoms with Gasteiger partial charge < -0.3 is 19.7 Å². The highest BCUT2D eigenvalue weighted by Gasteiger charge is 2.33. The summed E-state index contributed by atoms with van der Waals surface area (Å²) in [5.74, 6) is 0.814. The summed E-state index contributed by atoms with van der Waals surface area (Å²) in [5, 5.41) is 2.89. The summed E-state index contributed by atoms with van der Waals surface area (Å²) in [6.07, 6.45) is 2.95. The van der Waals surface area contributed by atoms with Crippen molar-refractivity contribution in [2.45, 2.75) is 36.6 Å². The molecule has 2 aromatic rings. The number of ether oxygens (including phenoxy) is 2. The molecule has 180 valence electrons. The zero-order valence-electron chi connectivity index (χ0n) is 18.7. The van der Waals surface area contributed by atoms with Gasteiger partial charge in [0.2, 0.25) is 15.9 Å². The molecule has 10 heteroatoms. The molecule has 2 saturated heterocycles. The van der Waals surface area contributed by atoms with Crippen molar-refractivity contribution in [1.29, 1.82) is 0 Å². The van der Waals surface area contributed by atoms with Crippen LogP contribution in [-0.2, 0) is 14.8 Å². The van der Waals surface area contributed by atoms with E-state index in [0.717, 1.165) is 19.3 Å². The minimum atomic E-state index is -3.55. The molecule has 2 aromatic carbocycles. The first-order valence-electron chi connectivity index (χ1n) is 11.5. The third-order valence-electron chi connectivity index (χ3n) is 6.37. The van der Waals surface area contributed by atoms with Crippen molar-refractivity contribution in [3.63, 3.8) is 0 Å². The van der Waals surface area contributed by atoms with Crippen molar-refractivity contribution in [1.82, 2.24) is 9.62 Å². The van der Waals surface area contributed by atoms with Crippen LogP contribution in [0.5, 0.6) is 11.5 Å². The van der Waals surface area contributed by atoms with Crippen LogP contribution in [0.2, 0.25) is 0 Å². The number of fused-ring (bicyclic) bond motifs is 1. The zero-order chi connectivity index (χ0) is 23.7. The smallest absolute Gasteiger partial charge is 0.251 e. The van der Waals surface area contributed by atoms with Gasteiger partial charge in [0.05, 0.1) is 10.9 Å². The number of sulfonamides is 1. The van der Waals surface area contributed by atoms with Crippen LogP contribution >= 0.6 is 0 Å². The largest absolute Gasteiger partial charge is 0.486 e. The van der Waals surface area contributed by atoms with Crippen molar-refractivity contribution in [2.24, 2.45) is 0 Å². The quantitative estimate of drug-likeness (QED) is 0.696. The van der Waals surface area contributed by atoms with E-state index in [-0.39, 0.29) is 29.2 Å². The summed E-state index contributed by atoms with van der Waals surface area (Å²) in [4.78, 5) is 27.2. The summed E-state index contributed by atoms with van der Waals surface area (Å²) < 4.78 is 38.3. The second kappa shape index (κ2) is 9.27. The number of nitrogens with zero attached hydrogens (tertiary/aromatic N) is 2. The van der Waals surface area contributed by atoms with E-state index in [0.29, 0.717) is 55.6 Å². The number of hydrogen-bond donors (Lipinski definition) is 1. The van der Waals surface area contributed by atoms with Crippen molar-refractivity contribution >= 4 is 27.5 Å². The van der Waals surface area contributed by atoms with Gasteiger partial charge in [-0.15, -0.1) is 0 Å². The number of nitrogens with one attached hydrogen (secondary N) is 1. The van der Waals surface area contributed by atoms with E-state index in [1.165, 1.54) is 28.6 Å². The molecule has 1 atom stereocenters. The van der Waals surface area contributed by atoms with Crippen molar-refractivity contribution in [3.8, 4) is 11.5 Å². The first-order valence-corrected chi connectivity index (χ1v) is 13.0. The molecule has 0 unspecified atom stereocenters. The van der Waals surface area contributed by atoms with Crippen LogP contribution in [0.25, 0.3) is 0 Å². The fourth-order valence-electron chi connectivity index (χ4n) is 4.56. The topological polar surface area (TPSA) is 105 Å². The highest BCUT2D eigenvalue weighted by molar-refractivity contribution is 7.89. The average Bonchev–Trinajstić information content (AvgIpc) is 3.24. The van der Waals surface area contributed by atoms with Crippen LogP contribution in [0.4, 0.5) is 5.69 Å². The molecule has 5 rings (SSSR count). The number of carbonyl (C=O) groups is 2. The van der Waals surface area contributed by atoms with Crippen molar-refractivity contribution in [3.05, 3.63) is 48.0 Å². The normalized spacial score (nSPS) is 20.9. The van der Waals surface area contributed by atoms with E-state index in [2.05, 4.69) is 5.32 Å². The van der Waals surface area contributed by atoms with E-state index >= 15 is 0 Å². The van der Waals surface area contributed by atoms with Gasteiger partial charge in [-0.2, -0.15) is 4.31 Å². The van der Waals surface area contributed by atoms with Crippen LogP contribution in [0, 0.1) is 0 Å². The van der Waals surface area contributed by atoms with Crippen LogP contribution in [0.3, 0.4) is 0 Å². The summed E-state index contributed by atoms with van der Waals surface area (Å²) in [7, 11) is -3.55. The summed E-state index contributed by atoms with van der Waals surface area (Å²) >= 11 is 0. The number of benzene rings is 2. The van der Waals surface area contributed by atoms with Crippen molar-refractivity contribution in [2.75, 3.05) is 37.7 Å². The molecular formula is C24H27N3O6S. The summed E-state index contributed by atoms with van der Waals surface area (Å²) in [6, 6.07) is 11.0. The number of anilines is 1. The number of amides is 2. The molecule has 34 heavy (non-hydrogen) atoms. The molecule has 0 saturated carbocycles. The van der Waals surface area contributed by atoms with Gasteiger partial charge in [0.25, 0.3) is 5.91 Å². The maximum atomic E-state index is 12.8. The molecular weight excluding hydrogens is 458 g/mol. The molecule has 0 bridgehead atoms. The molecule has 3 heterocycles. The molecule has 1 N–H and O–H groups in total. The number of hydrogen-bond acceptors (Lipinski definition) is 6. The van der Waals surface area contributed by atoms with Gasteiger partial charge in [0.1, 0.15) is 13.2 Å². The molecule has 2 fully saturated rings. The molecule has 0 spiro atoms. The van der Waals surface area contributed by atoms with Gasteiger partial charge in [-0.05, 0) is 49.2 Å². The lowest BCUT2D eigenvalue weighted by molar-refractivity contribution is -0.117. The molecule has 0 aliphatic carbocycles. The van der Waals surface area contributed by atoms with Gasteiger partial charge >= 0.3 is 0 Å². The average molecular weight is 486 g/mol. The van der Waals surface area contributed by atoms with Crippen molar-refractivity contribution < 1.29 is 27.5 Å². The van der Waals surface area contributed by atoms with Crippen LogP contribution < -0.4 is 19.7 Å². The Morgan fingerprint density at radius 2 is 1.65 bits per heavy atom. The lowest BCUT2D eigenvalue weighted by Crippen LogP contribution is -2.37. The van der Waals surface area contributed by atoms with Gasteiger partial charge in [-0.25, -0.2) is 8.42 Å². The van der Waals surface area contributed by atoms with Gasteiger partial charge in [-0.3, -0.25) is 9.59 Å². The predicted octanol–water partition coefficient (Wildman–Crippen LogP) is 2.17. The van der Waals surface area contributed by atoms with E-state index in [4.69, 9.17) is 9.47 Å². The summed E-state index contributed by atoms with van der Waals surface area (Å²) in [6.45, 7) is 2.35. The number of carbonyl (C=O) groups excluding carboxylic acids is 2. The lowest BCUT2D eigenvalue weighted by Gasteiger charge is -2.25. The Balaban J connectivity index is 1.23. The fraction of sp³-hybridized carbons (Fsp3) is 0.417. The third-order valence-corrected chi connectivity index (χ3v) is 8.28. The van der Waals surface area contributed by atoms with Gasteiger partial charge in [0, 0.05) is 43.4 Å². The lowest BCUT2D eigenvalue weighted by atomic mass is 10.2. The SMILES string of the molecule is O=C(N[C@@H]1CC(=O)N(c2ccc3c(c2)OCCO3)C1)c1ccc(S(=O)(=O)N2CCCCC2)cc1. The maximum absolute atomic E-state index is 12.8. The Labute approximate surface area is 198 Å².